The van der Waals surface area contributed by atoms with Crippen molar-refractivity contribution in [1.29, 1.82) is 0 Å². The number of furan rings is 1. The van der Waals surface area contributed by atoms with E-state index < -0.39 is 17.0 Å². The van der Waals surface area contributed by atoms with Crippen LogP contribution in [0, 0.1) is 5.41 Å². The van der Waals surface area contributed by atoms with E-state index in [1.807, 2.05) is 31.2 Å². The van der Waals surface area contributed by atoms with Crippen molar-refractivity contribution in [2.24, 2.45) is 5.41 Å². The molecule has 1 saturated carbocycles. The van der Waals surface area contributed by atoms with Gasteiger partial charge in [-0.05, 0) is 18.9 Å². The topological polar surface area (TPSA) is 88.8 Å². The Morgan fingerprint density at radius 3 is 2.71 bits per heavy atom. The maximum atomic E-state index is 12.7. The average Bonchev–Trinajstić information content (AvgIpc) is 3.21. The molecule has 126 valence electrons. The van der Waals surface area contributed by atoms with E-state index in [4.69, 9.17) is 9.15 Å². The van der Waals surface area contributed by atoms with Gasteiger partial charge in [-0.1, -0.05) is 25.1 Å². The normalized spacial score (nSPS) is 27.9. The fraction of sp³-hybridized carbons (Fsp3) is 0.444. The van der Waals surface area contributed by atoms with Crippen molar-refractivity contribution in [3.63, 3.8) is 0 Å². The van der Waals surface area contributed by atoms with E-state index in [1.165, 1.54) is 0 Å². The number of carbonyl (C=O) groups is 2. The molecule has 0 unspecified atom stereocenters. The lowest BCUT2D eigenvalue weighted by atomic mass is 9.62. The Morgan fingerprint density at radius 1 is 1.29 bits per heavy atom. The van der Waals surface area contributed by atoms with Crippen LogP contribution in [0.5, 0.6) is 0 Å². The zero-order chi connectivity index (χ0) is 16.9. The third-order valence-electron chi connectivity index (χ3n) is 5.22. The molecule has 3 fully saturated rings. The van der Waals surface area contributed by atoms with E-state index in [0.717, 1.165) is 5.39 Å². The highest BCUT2D eigenvalue weighted by molar-refractivity contribution is 6.07. The summed E-state index contributed by atoms with van der Waals surface area (Å²) in [5.41, 5.74) is -0.0173. The minimum atomic E-state index is -0.809. The molecule has 5 rings (SSSR count). The number of rotatable bonds is 5. The van der Waals surface area contributed by atoms with Crippen molar-refractivity contribution in [2.75, 3.05) is 13.2 Å². The van der Waals surface area contributed by atoms with Gasteiger partial charge in [-0.3, -0.25) is 9.59 Å². The van der Waals surface area contributed by atoms with Gasteiger partial charge in [0, 0.05) is 18.4 Å². The Labute approximate surface area is 138 Å². The summed E-state index contributed by atoms with van der Waals surface area (Å²) in [4.78, 5) is 24.0. The molecule has 1 aromatic carbocycles. The molecule has 2 N–H and O–H groups in total. The molecule has 1 aliphatic carbocycles. The Balaban J connectivity index is 1.51. The first-order valence-electron chi connectivity index (χ1n) is 8.15. The van der Waals surface area contributed by atoms with E-state index in [0.29, 0.717) is 42.7 Å². The van der Waals surface area contributed by atoms with Gasteiger partial charge in [-0.25, -0.2) is 0 Å². The second-order valence-corrected chi connectivity index (χ2v) is 6.84. The van der Waals surface area contributed by atoms with Crippen LogP contribution >= 0.6 is 0 Å². The standard InChI is InChI=1S/C18H19NO5/c1-2-12-14(11-5-3-4-6-13(11)24-12)15(20)19-9-18-7-17(8-18,10-23-18)16(21)22/h3-6H,2,7-10H2,1H3,(H,19,20)(H,21,22). The number of carboxylic acids is 1. The van der Waals surface area contributed by atoms with Crippen LogP contribution in [0.1, 0.15) is 35.9 Å². The quantitative estimate of drug-likeness (QED) is 0.879. The zero-order valence-electron chi connectivity index (χ0n) is 13.4. The summed E-state index contributed by atoms with van der Waals surface area (Å²) in [6.07, 6.45) is 1.55. The number of hydrogen-bond acceptors (Lipinski definition) is 4. The number of carbonyl (C=O) groups excluding carboxylic acids is 1. The van der Waals surface area contributed by atoms with Gasteiger partial charge in [0.25, 0.3) is 5.91 Å². The highest BCUT2D eigenvalue weighted by atomic mass is 16.5. The van der Waals surface area contributed by atoms with Crippen molar-refractivity contribution in [3.8, 4) is 0 Å². The van der Waals surface area contributed by atoms with Gasteiger partial charge < -0.3 is 19.6 Å². The van der Waals surface area contributed by atoms with Gasteiger partial charge in [0.2, 0.25) is 0 Å². The lowest BCUT2D eigenvalue weighted by Crippen LogP contribution is -2.54. The number of para-hydroxylation sites is 1. The van der Waals surface area contributed by atoms with Crippen LogP contribution in [-0.2, 0) is 16.0 Å². The number of carboxylic acid groups (broad SMARTS) is 1. The predicted octanol–water partition coefficient (Wildman–Crippen LogP) is 2.36. The highest BCUT2D eigenvalue weighted by Gasteiger charge is 2.66. The summed E-state index contributed by atoms with van der Waals surface area (Å²) in [5.74, 6) is -0.349. The number of hydrogen-bond donors (Lipinski definition) is 2. The third-order valence-corrected chi connectivity index (χ3v) is 5.22. The van der Waals surface area contributed by atoms with Gasteiger partial charge >= 0.3 is 5.97 Å². The lowest BCUT2D eigenvalue weighted by molar-refractivity contribution is -0.153. The Bertz CT molecular complexity index is 831. The number of amides is 1. The average molecular weight is 329 g/mol. The van der Waals surface area contributed by atoms with Crippen LogP contribution < -0.4 is 5.32 Å². The summed E-state index contributed by atoms with van der Waals surface area (Å²) in [6, 6.07) is 7.46. The number of aliphatic carboxylic acids is 1. The molecule has 2 aliphatic heterocycles. The van der Waals surface area contributed by atoms with Crippen LogP contribution in [0.2, 0.25) is 0 Å². The van der Waals surface area contributed by atoms with E-state index in [-0.39, 0.29) is 12.5 Å². The minimum Gasteiger partial charge on any atom is -0.481 e. The van der Waals surface area contributed by atoms with E-state index in [2.05, 4.69) is 5.32 Å². The summed E-state index contributed by atoms with van der Waals surface area (Å²) < 4.78 is 11.4. The van der Waals surface area contributed by atoms with Crippen LogP contribution in [0.4, 0.5) is 0 Å². The van der Waals surface area contributed by atoms with Crippen LogP contribution in [0.15, 0.2) is 28.7 Å². The number of fused-ring (bicyclic) bond motifs is 2. The SMILES string of the molecule is CCc1oc2ccccc2c1C(=O)NCC12CC(C(=O)O)(CO1)C2. The zero-order valence-corrected chi connectivity index (χ0v) is 13.4. The van der Waals surface area contributed by atoms with Crippen LogP contribution in [0.3, 0.4) is 0 Å². The first kappa shape index (κ1) is 15.2. The highest BCUT2D eigenvalue weighted by Crippen LogP contribution is 2.57. The monoisotopic (exact) mass is 329 g/mol. The summed E-state index contributed by atoms with van der Waals surface area (Å²) in [6.45, 7) is 2.50. The van der Waals surface area contributed by atoms with Crippen molar-refractivity contribution in [3.05, 3.63) is 35.6 Å². The molecule has 3 aliphatic rings. The second-order valence-electron chi connectivity index (χ2n) is 6.84. The van der Waals surface area contributed by atoms with Gasteiger partial charge in [0.1, 0.15) is 11.3 Å². The van der Waals surface area contributed by atoms with Gasteiger partial charge in [0.05, 0.1) is 23.2 Å². The minimum absolute atomic E-state index is 0.200. The van der Waals surface area contributed by atoms with Crippen molar-refractivity contribution < 1.29 is 23.8 Å². The number of ether oxygens (including phenoxy) is 1. The smallest absolute Gasteiger partial charge is 0.312 e. The first-order chi connectivity index (χ1) is 11.5. The fourth-order valence-corrected chi connectivity index (χ4v) is 3.99. The lowest BCUT2D eigenvalue weighted by Gasteiger charge is -2.41. The molecule has 0 atom stereocenters. The van der Waals surface area contributed by atoms with Crippen molar-refractivity contribution >= 4 is 22.8 Å². The molecule has 2 saturated heterocycles. The van der Waals surface area contributed by atoms with E-state index >= 15 is 0 Å². The summed E-state index contributed by atoms with van der Waals surface area (Å²) in [5, 5.41) is 13.0. The van der Waals surface area contributed by atoms with Crippen LogP contribution in [-0.4, -0.2) is 35.7 Å². The summed E-state index contributed by atoms with van der Waals surface area (Å²) in [7, 11) is 0. The fourth-order valence-electron chi connectivity index (χ4n) is 3.99. The predicted molar refractivity (Wildman–Crippen MR) is 85.9 cm³/mol. The Morgan fingerprint density at radius 2 is 2.04 bits per heavy atom. The second kappa shape index (κ2) is 5.08. The van der Waals surface area contributed by atoms with E-state index in [9.17, 15) is 14.7 Å². The van der Waals surface area contributed by atoms with E-state index in [1.54, 1.807) is 0 Å². The molecule has 3 heterocycles. The maximum Gasteiger partial charge on any atom is 0.312 e. The van der Waals surface area contributed by atoms with Gasteiger partial charge in [-0.2, -0.15) is 0 Å². The number of benzene rings is 1. The molecular weight excluding hydrogens is 310 g/mol. The molecule has 6 heteroatoms. The molecule has 2 bridgehead atoms. The molecule has 24 heavy (non-hydrogen) atoms. The number of nitrogens with one attached hydrogen (secondary N) is 1. The Hall–Kier alpha value is -2.34. The maximum absolute atomic E-state index is 12.7. The van der Waals surface area contributed by atoms with Gasteiger partial charge in [0.15, 0.2) is 0 Å². The molecule has 2 aromatic rings. The molecule has 6 nitrogen and oxygen atoms in total. The van der Waals surface area contributed by atoms with Gasteiger partial charge in [-0.15, -0.1) is 0 Å². The Kier molecular flexibility index (Phi) is 3.22. The molecule has 0 spiro atoms. The number of aryl methyl sites for hydroxylation is 1. The molecule has 0 radical (unpaired) electrons. The molecule has 1 aromatic heterocycles. The van der Waals surface area contributed by atoms with Crippen molar-refractivity contribution in [2.45, 2.75) is 31.8 Å². The van der Waals surface area contributed by atoms with Crippen molar-refractivity contribution in [1.82, 2.24) is 5.32 Å². The largest absolute Gasteiger partial charge is 0.481 e. The van der Waals surface area contributed by atoms with Crippen LogP contribution in [0.25, 0.3) is 11.0 Å². The molecule has 1 amide bonds. The summed E-state index contributed by atoms with van der Waals surface area (Å²) >= 11 is 0. The first-order valence-corrected chi connectivity index (χ1v) is 8.15. The third kappa shape index (κ3) is 2.06. The molecular formula is C18H19NO5.